The topological polar surface area (TPSA) is 231 Å². The summed E-state index contributed by atoms with van der Waals surface area (Å²) in [7, 11) is 0. The third-order valence-electron chi connectivity index (χ3n) is 5.48. The van der Waals surface area contributed by atoms with Gasteiger partial charge in [0.2, 0.25) is 23.6 Å². The van der Waals surface area contributed by atoms with Gasteiger partial charge in [0.25, 0.3) is 0 Å². The lowest BCUT2D eigenvalue weighted by atomic mass is 10.1. The van der Waals surface area contributed by atoms with E-state index in [-0.39, 0.29) is 25.8 Å². The number of carboxylic acids is 1. The van der Waals surface area contributed by atoms with Crippen molar-refractivity contribution in [1.29, 1.82) is 0 Å². The van der Waals surface area contributed by atoms with Crippen molar-refractivity contribution in [2.45, 2.75) is 82.1 Å². The highest BCUT2D eigenvalue weighted by Gasteiger charge is 2.38. The van der Waals surface area contributed by atoms with Crippen LogP contribution < -0.4 is 27.8 Å². The first-order chi connectivity index (χ1) is 15.5. The molecule has 13 heteroatoms. The van der Waals surface area contributed by atoms with Gasteiger partial charge in [0.05, 0.1) is 12.1 Å². The van der Waals surface area contributed by atoms with Crippen LogP contribution >= 0.6 is 0 Å². The number of aliphatic carboxylic acids is 1. The summed E-state index contributed by atoms with van der Waals surface area (Å²) >= 11 is 0. The van der Waals surface area contributed by atoms with E-state index < -0.39 is 59.9 Å². The van der Waals surface area contributed by atoms with Crippen LogP contribution in [0.3, 0.4) is 0 Å². The zero-order valence-electron chi connectivity index (χ0n) is 18.9. The monoisotopic (exact) mass is 472 g/mol. The van der Waals surface area contributed by atoms with Crippen LogP contribution in [-0.2, 0) is 24.0 Å². The molecule has 1 saturated heterocycles. The molecule has 33 heavy (non-hydrogen) atoms. The Balaban J connectivity index is 2.82. The van der Waals surface area contributed by atoms with Crippen molar-refractivity contribution in [2.75, 3.05) is 13.1 Å². The fraction of sp³-hybridized carbons (Fsp3) is 0.750. The van der Waals surface area contributed by atoms with E-state index >= 15 is 0 Å². The van der Waals surface area contributed by atoms with E-state index in [2.05, 4.69) is 10.6 Å². The largest absolute Gasteiger partial charge is 0.480 e. The van der Waals surface area contributed by atoms with Crippen LogP contribution in [0.2, 0.25) is 0 Å². The normalized spacial score (nSPS) is 19.3. The number of rotatable bonds is 14. The van der Waals surface area contributed by atoms with Crippen LogP contribution in [0.25, 0.3) is 0 Å². The summed E-state index contributed by atoms with van der Waals surface area (Å²) < 4.78 is 0. The highest BCUT2D eigenvalue weighted by molar-refractivity contribution is 5.94. The van der Waals surface area contributed by atoms with Gasteiger partial charge < -0.3 is 42.9 Å². The summed E-state index contributed by atoms with van der Waals surface area (Å²) in [6.45, 7) is 1.94. The highest BCUT2D eigenvalue weighted by Crippen LogP contribution is 2.19. The number of aliphatic hydroxyl groups excluding tert-OH is 1. The number of amides is 4. The maximum Gasteiger partial charge on any atom is 0.326 e. The number of primary amides is 1. The number of likely N-dealkylation sites (tertiary alicyclic amines) is 1. The Labute approximate surface area is 192 Å². The molecule has 1 heterocycles. The third kappa shape index (κ3) is 8.94. The predicted octanol–water partition coefficient (Wildman–Crippen LogP) is -2.87. The molecule has 13 nitrogen and oxygen atoms in total. The first-order valence-corrected chi connectivity index (χ1v) is 11.1. The molecule has 1 rings (SSSR count). The van der Waals surface area contributed by atoms with Gasteiger partial charge in [0.1, 0.15) is 18.1 Å². The van der Waals surface area contributed by atoms with Crippen molar-refractivity contribution in [2.24, 2.45) is 17.2 Å². The molecule has 0 aliphatic carbocycles. The zero-order chi connectivity index (χ0) is 25.1. The molecule has 10 N–H and O–H groups in total. The minimum Gasteiger partial charge on any atom is -0.480 e. The van der Waals surface area contributed by atoms with Gasteiger partial charge in [-0.1, -0.05) is 0 Å². The van der Waals surface area contributed by atoms with E-state index in [0.29, 0.717) is 32.2 Å². The number of unbranched alkanes of at least 4 members (excludes halogenated alkanes) is 1. The Hall–Kier alpha value is -2.77. The van der Waals surface area contributed by atoms with Crippen LogP contribution in [-0.4, -0.2) is 88.1 Å². The summed E-state index contributed by atoms with van der Waals surface area (Å²) in [6.07, 6.45) is 0.711. The van der Waals surface area contributed by atoms with Gasteiger partial charge in [-0.25, -0.2) is 4.79 Å². The van der Waals surface area contributed by atoms with Crippen molar-refractivity contribution in [3.63, 3.8) is 0 Å². The molecular weight excluding hydrogens is 436 g/mol. The number of nitrogens with zero attached hydrogens (tertiary/aromatic N) is 1. The second-order valence-corrected chi connectivity index (χ2v) is 8.21. The van der Waals surface area contributed by atoms with E-state index in [1.807, 2.05) is 0 Å². The summed E-state index contributed by atoms with van der Waals surface area (Å²) in [4.78, 5) is 61.8. The minimum atomic E-state index is -1.42. The molecule has 0 aromatic rings. The minimum absolute atomic E-state index is 0.0401. The van der Waals surface area contributed by atoms with Crippen molar-refractivity contribution in [1.82, 2.24) is 15.5 Å². The quantitative estimate of drug-likeness (QED) is 0.129. The predicted molar refractivity (Wildman–Crippen MR) is 117 cm³/mol. The molecule has 1 aliphatic heterocycles. The first kappa shape index (κ1) is 28.3. The van der Waals surface area contributed by atoms with Crippen molar-refractivity contribution < 1.29 is 34.2 Å². The number of nitrogens with two attached hydrogens (primary N) is 3. The van der Waals surface area contributed by atoms with Gasteiger partial charge in [-0.15, -0.1) is 0 Å². The lowest BCUT2D eigenvalue weighted by Gasteiger charge is -2.29. The van der Waals surface area contributed by atoms with E-state index in [1.54, 1.807) is 0 Å². The van der Waals surface area contributed by atoms with E-state index in [0.717, 1.165) is 0 Å². The summed E-state index contributed by atoms with van der Waals surface area (Å²) in [5.41, 5.74) is 16.3. The number of nitrogens with one attached hydrogen (secondary N) is 2. The van der Waals surface area contributed by atoms with Gasteiger partial charge in [-0.3, -0.25) is 19.2 Å². The molecule has 1 aliphatic rings. The molecule has 0 radical (unpaired) electrons. The van der Waals surface area contributed by atoms with Gasteiger partial charge in [-0.05, 0) is 52.0 Å². The molecule has 0 spiro atoms. The molecule has 4 amide bonds. The van der Waals surface area contributed by atoms with Crippen LogP contribution in [0.15, 0.2) is 0 Å². The fourth-order valence-electron chi connectivity index (χ4n) is 3.60. The molecule has 0 saturated carbocycles. The van der Waals surface area contributed by atoms with Crippen LogP contribution in [0, 0.1) is 0 Å². The number of carbonyl (C=O) groups is 5. The Morgan fingerprint density at radius 2 is 1.79 bits per heavy atom. The Bertz CT molecular complexity index is 717. The average molecular weight is 473 g/mol. The van der Waals surface area contributed by atoms with E-state index in [9.17, 15) is 34.2 Å². The van der Waals surface area contributed by atoms with Gasteiger partial charge in [0, 0.05) is 13.0 Å². The number of aliphatic hydroxyl groups is 1. The highest BCUT2D eigenvalue weighted by atomic mass is 16.4. The Morgan fingerprint density at radius 3 is 2.33 bits per heavy atom. The first-order valence-electron chi connectivity index (χ1n) is 11.1. The lowest BCUT2D eigenvalue weighted by Crippen LogP contribution is -2.59. The molecule has 188 valence electrons. The van der Waals surface area contributed by atoms with Gasteiger partial charge in [-0.2, -0.15) is 0 Å². The molecule has 5 unspecified atom stereocenters. The van der Waals surface area contributed by atoms with Crippen LogP contribution in [0.5, 0.6) is 0 Å². The third-order valence-corrected chi connectivity index (χ3v) is 5.48. The summed E-state index contributed by atoms with van der Waals surface area (Å²) in [5, 5.41) is 24.1. The van der Waals surface area contributed by atoms with Gasteiger partial charge >= 0.3 is 5.97 Å². The average Bonchev–Trinajstić information content (AvgIpc) is 3.23. The van der Waals surface area contributed by atoms with Crippen molar-refractivity contribution in [3.05, 3.63) is 0 Å². The van der Waals surface area contributed by atoms with Crippen LogP contribution in [0.4, 0.5) is 0 Å². The zero-order valence-corrected chi connectivity index (χ0v) is 18.9. The smallest absolute Gasteiger partial charge is 0.326 e. The molecular formula is C20H36N6O7. The molecule has 5 atom stereocenters. The summed E-state index contributed by atoms with van der Waals surface area (Å²) in [5.74, 6) is -3.87. The number of hydrogen-bond donors (Lipinski definition) is 7. The standard InChI is InChI=1S/C20H36N6O7/c1-11(27)16(18(30)24-13(20(32)33)5-2-3-9-21)25-17(29)14-6-4-10-26(14)19(31)12(22)7-8-15(23)28/h11-14,16,27H,2-10,21-22H2,1H3,(H2,23,28)(H,24,30)(H,25,29)(H,32,33). The van der Waals surface area contributed by atoms with Gasteiger partial charge in [0.15, 0.2) is 0 Å². The maximum absolute atomic E-state index is 12.9. The second-order valence-electron chi connectivity index (χ2n) is 8.21. The molecule has 1 fully saturated rings. The number of carbonyl (C=O) groups excluding carboxylic acids is 4. The Kier molecular flexibility index (Phi) is 11.7. The second kappa shape index (κ2) is 13.7. The summed E-state index contributed by atoms with van der Waals surface area (Å²) in [6, 6.07) is -4.54. The van der Waals surface area contributed by atoms with E-state index in [4.69, 9.17) is 17.2 Å². The molecule has 0 aromatic carbocycles. The van der Waals surface area contributed by atoms with Crippen molar-refractivity contribution in [3.8, 4) is 0 Å². The maximum atomic E-state index is 12.9. The van der Waals surface area contributed by atoms with Crippen LogP contribution in [0.1, 0.15) is 51.9 Å². The number of hydrogen-bond acceptors (Lipinski definition) is 8. The molecule has 0 bridgehead atoms. The number of carboxylic acid groups (broad SMARTS) is 1. The fourth-order valence-corrected chi connectivity index (χ4v) is 3.60. The Morgan fingerprint density at radius 1 is 1.12 bits per heavy atom. The van der Waals surface area contributed by atoms with Crippen molar-refractivity contribution >= 4 is 29.6 Å². The lowest BCUT2D eigenvalue weighted by molar-refractivity contribution is -0.144. The SMILES string of the molecule is CC(O)C(NC(=O)C1CCCN1C(=O)C(N)CCC(N)=O)C(=O)NC(CCCCN)C(=O)O. The van der Waals surface area contributed by atoms with E-state index in [1.165, 1.54) is 11.8 Å². The molecule has 0 aromatic heterocycles.